The topological polar surface area (TPSA) is 49.4 Å². The second-order valence-corrected chi connectivity index (χ2v) is 6.14. The molecule has 2 unspecified atom stereocenters. The zero-order valence-electron chi connectivity index (χ0n) is 12.6. The molecule has 118 valence electrons. The van der Waals surface area contributed by atoms with E-state index in [1.54, 1.807) is 0 Å². The highest BCUT2D eigenvalue weighted by molar-refractivity contribution is 5.98. The Hall–Kier alpha value is -1.75. The maximum atomic E-state index is 13.0. The van der Waals surface area contributed by atoms with E-state index in [-0.39, 0.29) is 29.5 Å². The number of Topliss-reactive ketones (excluding diaryl/α,β-unsaturated/α-hetero) is 1. The Labute approximate surface area is 129 Å². The lowest BCUT2D eigenvalue weighted by Crippen LogP contribution is -2.49. The van der Waals surface area contributed by atoms with Crippen LogP contribution in [0.3, 0.4) is 0 Å². The lowest BCUT2D eigenvalue weighted by molar-refractivity contribution is -0.134. The minimum absolute atomic E-state index is 0.0110. The molecule has 1 aromatic carbocycles. The molecule has 3 rings (SSSR count). The van der Waals surface area contributed by atoms with Gasteiger partial charge in [-0.05, 0) is 56.5 Å². The summed E-state index contributed by atoms with van der Waals surface area (Å²) in [6.45, 7) is 2.10. The zero-order chi connectivity index (χ0) is 15.5. The van der Waals surface area contributed by atoms with Gasteiger partial charge in [-0.25, -0.2) is 4.39 Å². The molecule has 2 saturated heterocycles. The van der Waals surface area contributed by atoms with Crippen molar-refractivity contribution in [2.45, 2.75) is 31.7 Å². The van der Waals surface area contributed by atoms with Crippen molar-refractivity contribution in [2.75, 3.05) is 19.6 Å². The molecule has 0 radical (unpaired) electrons. The normalized spacial score (nSPS) is 25.2. The van der Waals surface area contributed by atoms with Gasteiger partial charge in [0.05, 0.1) is 6.04 Å². The number of ketones is 1. The summed E-state index contributed by atoms with van der Waals surface area (Å²) >= 11 is 0. The fraction of sp³-hybridized carbons (Fsp3) is 0.529. The number of likely N-dealkylation sites (tertiary alicyclic amines) is 1. The van der Waals surface area contributed by atoms with Gasteiger partial charge in [0.25, 0.3) is 0 Å². The number of benzene rings is 1. The third kappa shape index (κ3) is 3.19. The molecule has 2 heterocycles. The summed E-state index contributed by atoms with van der Waals surface area (Å²) in [5.41, 5.74) is 0.527. The molecule has 0 saturated carbocycles. The Kier molecular flexibility index (Phi) is 4.52. The van der Waals surface area contributed by atoms with Crippen LogP contribution in [0.15, 0.2) is 24.3 Å². The summed E-state index contributed by atoms with van der Waals surface area (Å²) in [6, 6.07) is 5.58. The van der Waals surface area contributed by atoms with Crippen molar-refractivity contribution in [3.63, 3.8) is 0 Å². The first kappa shape index (κ1) is 15.2. The maximum absolute atomic E-state index is 13.0. The predicted octanol–water partition coefficient (Wildman–Crippen LogP) is 2.00. The summed E-state index contributed by atoms with van der Waals surface area (Å²) in [5.74, 6) is -0.389. The van der Waals surface area contributed by atoms with Crippen LogP contribution in [0, 0.1) is 11.7 Å². The van der Waals surface area contributed by atoms with E-state index >= 15 is 0 Å². The van der Waals surface area contributed by atoms with Crippen LogP contribution in [0.1, 0.15) is 36.0 Å². The number of halogens is 1. The van der Waals surface area contributed by atoms with Crippen molar-refractivity contribution in [2.24, 2.45) is 5.92 Å². The van der Waals surface area contributed by atoms with Crippen molar-refractivity contribution in [1.29, 1.82) is 0 Å². The first-order valence-electron chi connectivity index (χ1n) is 7.97. The van der Waals surface area contributed by atoms with Crippen LogP contribution in [0.25, 0.3) is 0 Å². The summed E-state index contributed by atoms with van der Waals surface area (Å²) in [7, 11) is 0. The Morgan fingerprint density at radius 2 is 1.91 bits per heavy atom. The third-order valence-electron chi connectivity index (χ3n) is 4.59. The molecule has 0 aromatic heterocycles. The van der Waals surface area contributed by atoms with Gasteiger partial charge in [0.2, 0.25) is 5.91 Å². The highest BCUT2D eigenvalue weighted by atomic mass is 19.1. The van der Waals surface area contributed by atoms with Gasteiger partial charge in [-0.3, -0.25) is 9.59 Å². The van der Waals surface area contributed by atoms with E-state index in [4.69, 9.17) is 0 Å². The van der Waals surface area contributed by atoms with Crippen LogP contribution in [0.5, 0.6) is 0 Å². The van der Waals surface area contributed by atoms with Gasteiger partial charge >= 0.3 is 0 Å². The number of hydrogen-bond donors (Lipinski definition) is 1. The first-order chi connectivity index (χ1) is 10.6. The highest BCUT2D eigenvalue weighted by Gasteiger charge is 2.33. The van der Waals surface area contributed by atoms with Gasteiger partial charge in [0, 0.05) is 24.6 Å². The lowest BCUT2D eigenvalue weighted by Gasteiger charge is -2.33. The molecule has 2 fully saturated rings. The standard InChI is InChI=1S/C17H21FN2O2/c18-14-7-5-12(6-8-14)16(21)13-3-2-10-20(11-13)17(22)15-4-1-9-19-15/h5-8,13,15,19H,1-4,9-11H2. The zero-order valence-corrected chi connectivity index (χ0v) is 12.6. The summed E-state index contributed by atoms with van der Waals surface area (Å²) < 4.78 is 13.0. The lowest BCUT2D eigenvalue weighted by atomic mass is 9.89. The van der Waals surface area contributed by atoms with Gasteiger partial charge in [-0.2, -0.15) is 0 Å². The van der Waals surface area contributed by atoms with Crippen LogP contribution in [0.2, 0.25) is 0 Å². The second-order valence-electron chi connectivity index (χ2n) is 6.14. The summed E-state index contributed by atoms with van der Waals surface area (Å²) in [5, 5.41) is 3.22. The van der Waals surface area contributed by atoms with E-state index in [0.29, 0.717) is 12.1 Å². The van der Waals surface area contributed by atoms with Gasteiger partial charge < -0.3 is 10.2 Å². The van der Waals surface area contributed by atoms with E-state index in [1.165, 1.54) is 24.3 Å². The summed E-state index contributed by atoms with van der Waals surface area (Å²) in [6.07, 6.45) is 3.54. The minimum Gasteiger partial charge on any atom is -0.341 e. The number of hydrogen-bond acceptors (Lipinski definition) is 3. The number of piperidine rings is 1. The average molecular weight is 304 g/mol. The average Bonchev–Trinajstić information content (AvgIpc) is 3.09. The minimum atomic E-state index is -0.343. The molecule has 1 aromatic rings. The van der Waals surface area contributed by atoms with E-state index < -0.39 is 0 Å². The van der Waals surface area contributed by atoms with Crippen LogP contribution >= 0.6 is 0 Å². The number of carbonyl (C=O) groups is 2. The molecular weight excluding hydrogens is 283 g/mol. The summed E-state index contributed by atoms with van der Waals surface area (Å²) in [4.78, 5) is 26.8. The van der Waals surface area contributed by atoms with Gasteiger partial charge in [0.15, 0.2) is 5.78 Å². The largest absolute Gasteiger partial charge is 0.341 e. The quantitative estimate of drug-likeness (QED) is 0.869. The molecular formula is C17H21FN2O2. The van der Waals surface area contributed by atoms with Crippen LogP contribution < -0.4 is 5.32 Å². The number of nitrogens with one attached hydrogen (secondary N) is 1. The molecule has 22 heavy (non-hydrogen) atoms. The monoisotopic (exact) mass is 304 g/mol. The smallest absolute Gasteiger partial charge is 0.239 e. The van der Waals surface area contributed by atoms with Crippen molar-refractivity contribution in [3.05, 3.63) is 35.6 Å². The molecule has 0 bridgehead atoms. The van der Waals surface area contributed by atoms with Crippen LogP contribution in [-0.4, -0.2) is 42.3 Å². The first-order valence-corrected chi connectivity index (χ1v) is 7.97. The predicted molar refractivity (Wildman–Crippen MR) is 81.1 cm³/mol. The van der Waals surface area contributed by atoms with Gasteiger partial charge in [-0.15, -0.1) is 0 Å². The van der Waals surface area contributed by atoms with E-state index in [1.807, 2.05) is 4.90 Å². The maximum Gasteiger partial charge on any atom is 0.239 e. The second kappa shape index (κ2) is 6.57. The SMILES string of the molecule is O=C(c1ccc(F)cc1)C1CCCN(C(=O)C2CCCN2)C1. The molecule has 0 spiro atoms. The number of nitrogens with zero attached hydrogens (tertiary/aromatic N) is 1. The number of carbonyl (C=O) groups excluding carboxylic acids is 2. The highest BCUT2D eigenvalue weighted by Crippen LogP contribution is 2.22. The van der Waals surface area contributed by atoms with Gasteiger partial charge in [0.1, 0.15) is 5.82 Å². The fourth-order valence-corrected chi connectivity index (χ4v) is 3.36. The van der Waals surface area contributed by atoms with Crippen molar-refractivity contribution >= 4 is 11.7 Å². The van der Waals surface area contributed by atoms with Crippen molar-refractivity contribution in [1.82, 2.24) is 10.2 Å². The molecule has 0 aliphatic carbocycles. The molecule has 1 N–H and O–H groups in total. The van der Waals surface area contributed by atoms with E-state index in [2.05, 4.69) is 5.32 Å². The Bertz CT molecular complexity index is 552. The van der Waals surface area contributed by atoms with Crippen LogP contribution in [0.4, 0.5) is 4.39 Å². The van der Waals surface area contributed by atoms with E-state index in [0.717, 1.165) is 38.8 Å². The van der Waals surface area contributed by atoms with Crippen LogP contribution in [-0.2, 0) is 4.79 Å². The third-order valence-corrected chi connectivity index (χ3v) is 4.59. The number of amides is 1. The molecule has 2 atom stereocenters. The van der Waals surface area contributed by atoms with Crippen molar-refractivity contribution in [3.8, 4) is 0 Å². The Balaban J connectivity index is 1.65. The Morgan fingerprint density at radius 1 is 1.14 bits per heavy atom. The van der Waals surface area contributed by atoms with Gasteiger partial charge in [-0.1, -0.05) is 0 Å². The molecule has 4 nitrogen and oxygen atoms in total. The Morgan fingerprint density at radius 3 is 2.59 bits per heavy atom. The molecule has 2 aliphatic heterocycles. The molecule has 5 heteroatoms. The van der Waals surface area contributed by atoms with Crippen molar-refractivity contribution < 1.29 is 14.0 Å². The molecule has 1 amide bonds. The fourth-order valence-electron chi connectivity index (χ4n) is 3.36. The number of rotatable bonds is 3. The molecule has 2 aliphatic rings. The van der Waals surface area contributed by atoms with E-state index in [9.17, 15) is 14.0 Å².